The van der Waals surface area contributed by atoms with Gasteiger partial charge in [-0.15, -0.1) is 0 Å². The van der Waals surface area contributed by atoms with Crippen molar-refractivity contribution in [2.75, 3.05) is 12.4 Å². The van der Waals surface area contributed by atoms with Gasteiger partial charge in [0.25, 0.3) is 0 Å². The number of benzene rings is 1. The highest BCUT2D eigenvalue weighted by Gasteiger charge is 2.28. The van der Waals surface area contributed by atoms with Crippen molar-refractivity contribution in [3.8, 4) is 16.9 Å². The van der Waals surface area contributed by atoms with Crippen LogP contribution in [0.1, 0.15) is 32.6 Å². The lowest BCUT2D eigenvalue weighted by Gasteiger charge is -2.31. The summed E-state index contributed by atoms with van der Waals surface area (Å²) in [5.41, 5.74) is 2.40. The highest BCUT2D eigenvalue weighted by molar-refractivity contribution is 7.89. The zero-order valence-electron chi connectivity index (χ0n) is 14.5. The Morgan fingerprint density at radius 2 is 1.88 bits per heavy atom. The number of hydrogen-bond donors (Lipinski definition) is 1. The number of thiophene rings is 1. The van der Waals surface area contributed by atoms with Crippen LogP contribution in [0.25, 0.3) is 11.1 Å². The molecule has 1 heterocycles. The summed E-state index contributed by atoms with van der Waals surface area (Å²) in [6.45, 7) is 2.22. The molecule has 136 valence electrons. The van der Waals surface area contributed by atoms with E-state index in [1.165, 1.54) is 11.1 Å². The van der Waals surface area contributed by atoms with Gasteiger partial charge in [-0.25, -0.2) is 13.1 Å². The van der Waals surface area contributed by atoms with Gasteiger partial charge in [-0.1, -0.05) is 25.0 Å². The van der Waals surface area contributed by atoms with Crippen LogP contribution in [-0.2, 0) is 10.0 Å². The van der Waals surface area contributed by atoms with E-state index in [0.717, 1.165) is 31.4 Å². The standard InChI is InChI=1S/C19H25NO3S2/c1-2-25(21,22)20-19-6-4-3-5-16(19)13-23-18-9-7-15(8-10-18)17-11-12-24-14-17/h7-12,14,16,19-20H,2-6,13H2,1H3/t16-,19+/m1/s1. The normalized spacial score (nSPS) is 21.2. The van der Waals surface area contributed by atoms with E-state index in [1.807, 2.05) is 12.1 Å². The van der Waals surface area contributed by atoms with Crippen LogP contribution in [-0.4, -0.2) is 26.8 Å². The van der Waals surface area contributed by atoms with Crippen molar-refractivity contribution in [3.05, 3.63) is 41.1 Å². The van der Waals surface area contributed by atoms with Crippen LogP contribution in [0.2, 0.25) is 0 Å². The van der Waals surface area contributed by atoms with E-state index in [2.05, 4.69) is 33.7 Å². The summed E-state index contributed by atoms with van der Waals surface area (Å²) in [6, 6.07) is 10.2. The maximum Gasteiger partial charge on any atom is 0.211 e. The molecule has 1 aromatic heterocycles. The fourth-order valence-corrected chi connectivity index (χ4v) is 4.86. The van der Waals surface area contributed by atoms with Gasteiger partial charge < -0.3 is 4.74 Å². The lowest BCUT2D eigenvalue weighted by atomic mass is 9.86. The van der Waals surface area contributed by atoms with E-state index < -0.39 is 10.0 Å². The molecule has 1 N–H and O–H groups in total. The summed E-state index contributed by atoms with van der Waals surface area (Å²) in [5.74, 6) is 1.19. The molecule has 1 fully saturated rings. The monoisotopic (exact) mass is 379 g/mol. The second-order valence-electron chi connectivity index (χ2n) is 6.52. The van der Waals surface area contributed by atoms with Gasteiger partial charge in [0, 0.05) is 12.0 Å². The minimum absolute atomic E-state index is 0.0104. The molecule has 0 amide bonds. The minimum Gasteiger partial charge on any atom is -0.493 e. The summed E-state index contributed by atoms with van der Waals surface area (Å²) in [7, 11) is -3.17. The average Bonchev–Trinajstić information content (AvgIpc) is 3.16. The second kappa shape index (κ2) is 8.34. The molecule has 0 spiro atoms. The molecule has 6 heteroatoms. The van der Waals surface area contributed by atoms with Gasteiger partial charge in [0.15, 0.2) is 0 Å². The van der Waals surface area contributed by atoms with Crippen molar-refractivity contribution in [1.29, 1.82) is 0 Å². The number of hydrogen-bond acceptors (Lipinski definition) is 4. The number of sulfonamides is 1. The number of rotatable bonds is 7. The molecule has 0 unspecified atom stereocenters. The molecular formula is C19H25NO3S2. The van der Waals surface area contributed by atoms with Gasteiger partial charge in [-0.05, 0) is 59.9 Å². The van der Waals surface area contributed by atoms with Crippen LogP contribution < -0.4 is 9.46 Å². The van der Waals surface area contributed by atoms with Crippen LogP contribution >= 0.6 is 11.3 Å². The predicted molar refractivity (Wildman–Crippen MR) is 104 cm³/mol. The fourth-order valence-electron chi connectivity index (χ4n) is 3.25. The highest BCUT2D eigenvalue weighted by Crippen LogP contribution is 2.28. The zero-order chi connectivity index (χ0) is 17.7. The number of ether oxygens (including phenoxy) is 1. The molecule has 25 heavy (non-hydrogen) atoms. The largest absolute Gasteiger partial charge is 0.493 e. The average molecular weight is 380 g/mol. The molecule has 3 rings (SSSR count). The summed E-state index contributed by atoms with van der Waals surface area (Å²) in [6.07, 6.45) is 4.10. The van der Waals surface area contributed by atoms with E-state index in [9.17, 15) is 8.42 Å². The molecule has 1 aromatic carbocycles. The van der Waals surface area contributed by atoms with Crippen LogP contribution in [0.5, 0.6) is 5.75 Å². The molecule has 0 saturated heterocycles. The van der Waals surface area contributed by atoms with Crippen molar-refractivity contribution in [2.45, 2.75) is 38.6 Å². The number of nitrogens with one attached hydrogen (secondary N) is 1. The Labute approximate surface area is 154 Å². The van der Waals surface area contributed by atoms with Gasteiger partial charge in [0.2, 0.25) is 10.0 Å². The Hall–Kier alpha value is -1.37. The third-order valence-electron chi connectivity index (χ3n) is 4.79. The first-order valence-corrected chi connectivity index (χ1v) is 11.4. The van der Waals surface area contributed by atoms with Crippen molar-refractivity contribution in [1.82, 2.24) is 4.72 Å². The lowest BCUT2D eigenvalue weighted by Crippen LogP contribution is -2.44. The summed E-state index contributed by atoms with van der Waals surface area (Å²) < 4.78 is 32.6. The third kappa shape index (κ3) is 5.06. The topological polar surface area (TPSA) is 55.4 Å². The van der Waals surface area contributed by atoms with Crippen molar-refractivity contribution >= 4 is 21.4 Å². The van der Waals surface area contributed by atoms with Crippen molar-refractivity contribution < 1.29 is 13.2 Å². The Bertz CT molecular complexity index is 754. The Kier molecular flexibility index (Phi) is 6.15. The van der Waals surface area contributed by atoms with Gasteiger partial charge in [-0.3, -0.25) is 0 Å². The van der Waals surface area contributed by atoms with Crippen molar-refractivity contribution in [3.63, 3.8) is 0 Å². The predicted octanol–water partition coefficient (Wildman–Crippen LogP) is 4.29. The maximum absolute atomic E-state index is 11.9. The van der Waals surface area contributed by atoms with Crippen LogP contribution in [0, 0.1) is 5.92 Å². The quantitative estimate of drug-likeness (QED) is 0.781. The SMILES string of the molecule is CCS(=O)(=O)N[C@H]1CCCC[C@@H]1COc1ccc(-c2ccsc2)cc1. The molecule has 0 radical (unpaired) electrons. The zero-order valence-corrected chi connectivity index (χ0v) is 16.1. The molecule has 2 aromatic rings. The maximum atomic E-state index is 11.9. The smallest absolute Gasteiger partial charge is 0.211 e. The molecule has 1 aliphatic carbocycles. The van der Waals surface area contributed by atoms with Crippen LogP contribution in [0.3, 0.4) is 0 Å². The van der Waals surface area contributed by atoms with Crippen LogP contribution in [0.4, 0.5) is 0 Å². The van der Waals surface area contributed by atoms with E-state index in [4.69, 9.17) is 4.74 Å². The van der Waals surface area contributed by atoms with Gasteiger partial charge >= 0.3 is 0 Å². The van der Waals surface area contributed by atoms with E-state index >= 15 is 0 Å². The Morgan fingerprint density at radius 1 is 1.12 bits per heavy atom. The van der Waals surface area contributed by atoms with Gasteiger partial charge in [-0.2, -0.15) is 11.3 Å². The van der Waals surface area contributed by atoms with Gasteiger partial charge in [0.05, 0.1) is 12.4 Å². The summed E-state index contributed by atoms with van der Waals surface area (Å²) >= 11 is 1.69. The van der Waals surface area contributed by atoms with E-state index in [1.54, 1.807) is 18.3 Å². The first kappa shape index (κ1) is 18.4. The van der Waals surface area contributed by atoms with E-state index in [-0.39, 0.29) is 17.7 Å². The fraction of sp³-hybridized carbons (Fsp3) is 0.474. The molecule has 0 bridgehead atoms. The van der Waals surface area contributed by atoms with E-state index in [0.29, 0.717) is 6.61 Å². The summed E-state index contributed by atoms with van der Waals surface area (Å²) in [5, 5.41) is 4.20. The molecular weight excluding hydrogens is 354 g/mol. The molecule has 1 saturated carbocycles. The first-order valence-electron chi connectivity index (χ1n) is 8.83. The molecule has 1 aliphatic rings. The lowest BCUT2D eigenvalue weighted by molar-refractivity contribution is 0.180. The molecule has 4 nitrogen and oxygen atoms in total. The molecule has 2 atom stereocenters. The minimum atomic E-state index is -3.17. The van der Waals surface area contributed by atoms with Crippen molar-refractivity contribution in [2.24, 2.45) is 5.92 Å². The molecule has 0 aliphatic heterocycles. The Morgan fingerprint density at radius 3 is 2.56 bits per heavy atom. The van der Waals surface area contributed by atoms with Gasteiger partial charge in [0.1, 0.15) is 5.75 Å². The third-order valence-corrected chi connectivity index (χ3v) is 6.90. The summed E-state index contributed by atoms with van der Waals surface area (Å²) in [4.78, 5) is 0. The second-order valence-corrected chi connectivity index (χ2v) is 9.34. The first-order chi connectivity index (χ1) is 12.1. The Balaban J connectivity index is 1.59. The van der Waals surface area contributed by atoms with Crippen LogP contribution in [0.15, 0.2) is 41.1 Å². The highest BCUT2D eigenvalue weighted by atomic mass is 32.2.